The number of aromatic nitrogens is 1. The van der Waals surface area contributed by atoms with Crippen molar-refractivity contribution in [2.24, 2.45) is 0 Å². The van der Waals surface area contributed by atoms with Crippen molar-refractivity contribution in [2.75, 3.05) is 6.61 Å². The molecule has 0 amide bonds. The molecule has 1 aromatic carbocycles. The van der Waals surface area contributed by atoms with Crippen LogP contribution in [0.4, 0.5) is 0 Å². The van der Waals surface area contributed by atoms with Crippen LogP contribution in [0.2, 0.25) is 0 Å². The molecule has 0 N–H and O–H groups in total. The lowest BCUT2D eigenvalue weighted by Crippen LogP contribution is -1.97. The largest absolute Gasteiger partial charge is 0.463 e. The normalized spacial score (nSPS) is 8.22. The number of hydrogen-bond acceptors (Lipinski definition) is 3. The summed E-state index contributed by atoms with van der Waals surface area (Å²) in [5.41, 5.74) is 2.10. The molecular weight excluding hydrogens is 286 g/mol. The third-order valence-electron chi connectivity index (χ3n) is 2.39. The first kappa shape index (κ1) is 20.1. The lowest BCUT2D eigenvalue weighted by molar-refractivity contribution is -0.137. The standard InChI is InChI=1S/C8H8.C7H7N.C5H8O2/c1-2-8-6-4-3-5-7-8;1-2-7-5-3-4-6-8-7;1-3-5(6)7-4-2/h2-7H,1H2;2-6H,1H2;3H,1,4H2,2H3. The Balaban J connectivity index is 0.000000317. The SMILES string of the molecule is C=CC(=O)OCC.C=Cc1ccccc1.C=Cc1ccccn1. The number of carbonyl (C=O) groups is 1. The van der Waals surface area contributed by atoms with Crippen LogP contribution < -0.4 is 0 Å². The zero-order valence-corrected chi connectivity index (χ0v) is 13.5. The number of ether oxygens (including phenoxy) is 1. The first-order valence-electron chi connectivity index (χ1n) is 7.18. The number of carbonyl (C=O) groups excluding carboxylic acids is 1. The summed E-state index contributed by atoms with van der Waals surface area (Å²) in [5, 5.41) is 0. The lowest BCUT2D eigenvalue weighted by Gasteiger charge is -1.90. The fraction of sp³-hybridized carbons (Fsp3) is 0.100. The van der Waals surface area contributed by atoms with Crippen molar-refractivity contribution < 1.29 is 9.53 Å². The molecule has 0 spiro atoms. The second-order valence-electron chi connectivity index (χ2n) is 4.03. The Morgan fingerprint density at radius 2 is 1.70 bits per heavy atom. The summed E-state index contributed by atoms with van der Waals surface area (Å²) >= 11 is 0. The van der Waals surface area contributed by atoms with Crippen molar-refractivity contribution in [3.8, 4) is 0 Å². The van der Waals surface area contributed by atoms with Crippen molar-refractivity contribution in [3.63, 3.8) is 0 Å². The molecule has 0 unspecified atom stereocenters. The highest BCUT2D eigenvalue weighted by atomic mass is 16.5. The van der Waals surface area contributed by atoms with E-state index in [1.807, 2.05) is 54.6 Å². The Bertz CT molecular complexity index is 534. The van der Waals surface area contributed by atoms with Gasteiger partial charge in [-0.1, -0.05) is 62.2 Å². The average molecular weight is 309 g/mol. The van der Waals surface area contributed by atoms with Gasteiger partial charge < -0.3 is 4.74 Å². The fourth-order valence-electron chi connectivity index (χ4n) is 1.29. The predicted molar refractivity (Wildman–Crippen MR) is 97.7 cm³/mol. The molecule has 0 radical (unpaired) electrons. The van der Waals surface area contributed by atoms with E-state index in [2.05, 4.69) is 29.5 Å². The van der Waals surface area contributed by atoms with E-state index in [0.717, 1.165) is 11.8 Å². The second-order valence-corrected chi connectivity index (χ2v) is 4.03. The van der Waals surface area contributed by atoms with Crippen LogP contribution >= 0.6 is 0 Å². The van der Waals surface area contributed by atoms with Gasteiger partial charge in [0.2, 0.25) is 0 Å². The van der Waals surface area contributed by atoms with E-state index >= 15 is 0 Å². The second kappa shape index (κ2) is 14.0. The van der Waals surface area contributed by atoms with Gasteiger partial charge in [-0.3, -0.25) is 4.98 Å². The Labute approximate surface area is 138 Å². The summed E-state index contributed by atoms with van der Waals surface area (Å²) in [4.78, 5) is 14.1. The number of esters is 1. The topological polar surface area (TPSA) is 39.2 Å². The zero-order chi connectivity index (χ0) is 17.3. The van der Waals surface area contributed by atoms with Gasteiger partial charge in [0.05, 0.1) is 12.3 Å². The molecule has 0 bridgehead atoms. The van der Waals surface area contributed by atoms with Crippen LogP contribution in [0.25, 0.3) is 12.2 Å². The Morgan fingerprint density at radius 1 is 1.04 bits per heavy atom. The van der Waals surface area contributed by atoms with Gasteiger partial charge in [-0.15, -0.1) is 0 Å². The third-order valence-corrected chi connectivity index (χ3v) is 2.39. The molecule has 2 rings (SSSR count). The Morgan fingerprint density at radius 3 is 2.00 bits per heavy atom. The minimum atomic E-state index is -0.359. The molecule has 3 nitrogen and oxygen atoms in total. The van der Waals surface area contributed by atoms with Crippen LogP contribution in [0.1, 0.15) is 18.2 Å². The summed E-state index contributed by atoms with van der Waals surface area (Å²) in [6.45, 7) is 12.6. The van der Waals surface area contributed by atoms with E-state index in [1.54, 1.807) is 19.2 Å². The van der Waals surface area contributed by atoms with Gasteiger partial charge in [-0.05, 0) is 30.7 Å². The van der Waals surface area contributed by atoms with Crippen LogP contribution in [0.15, 0.2) is 80.5 Å². The van der Waals surface area contributed by atoms with E-state index in [1.165, 1.54) is 5.56 Å². The highest BCUT2D eigenvalue weighted by Gasteiger charge is 1.86. The van der Waals surface area contributed by atoms with Crippen LogP contribution in [0.3, 0.4) is 0 Å². The fourth-order valence-corrected chi connectivity index (χ4v) is 1.29. The van der Waals surface area contributed by atoms with Gasteiger partial charge in [0, 0.05) is 12.3 Å². The van der Waals surface area contributed by atoms with Gasteiger partial charge >= 0.3 is 5.97 Å². The molecule has 0 aliphatic rings. The molecule has 3 heteroatoms. The van der Waals surface area contributed by atoms with Crippen LogP contribution in [-0.2, 0) is 9.53 Å². The van der Waals surface area contributed by atoms with E-state index < -0.39 is 0 Å². The molecule has 0 atom stereocenters. The third kappa shape index (κ3) is 11.4. The van der Waals surface area contributed by atoms with Crippen molar-refractivity contribution in [2.45, 2.75) is 6.92 Å². The minimum absolute atomic E-state index is 0.359. The van der Waals surface area contributed by atoms with Gasteiger partial charge in [-0.2, -0.15) is 0 Å². The van der Waals surface area contributed by atoms with E-state index in [-0.39, 0.29) is 5.97 Å². The Kier molecular flexibility index (Phi) is 12.2. The molecule has 0 aliphatic heterocycles. The molecule has 1 heterocycles. The monoisotopic (exact) mass is 309 g/mol. The summed E-state index contributed by atoms with van der Waals surface area (Å²) in [5.74, 6) is -0.359. The first-order valence-corrected chi connectivity index (χ1v) is 7.18. The van der Waals surface area contributed by atoms with Gasteiger partial charge in [-0.25, -0.2) is 4.79 Å². The highest BCUT2D eigenvalue weighted by molar-refractivity contribution is 5.81. The number of hydrogen-bond donors (Lipinski definition) is 0. The summed E-state index contributed by atoms with van der Waals surface area (Å²) < 4.78 is 4.43. The number of benzene rings is 1. The quantitative estimate of drug-likeness (QED) is 0.602. The summed E-state index contributed by atoms with van der Waals surface area (Å²) in [6.07, 6.45) is 6.44. The molecule has 0 saturated carbocycles. The van der Waals surface area contributed by atoms with Crippen molar-refractivity contribution in [3.05, 3.63) is 91.8 Å². The van der Waals surface area contributed by atoms with Crippen molar-refractivity contribution >= 4 is 18.1 Å². The van der Waals surface area contributed by atoms with Crippen LogP contribution in [0, 0.1) is 0 Å². The van der Waals surface area contributed by atoms with E-state index in [9.17, 15) is 4.79 Å². The van der Waals surface area contributed by atoms with Crippen molar-refractivity contribution in [1.29, 1.82) is 0 Å². The molecule has 0 aliphatic carbocycles. The maximum Gasteiger partial charge on any atom is 0.330 e. The van der Waals surface area contributed by atoms with Crippen molar-refractivity contribution in [1.82, 2.24) is 4.98 Å². The predicted octanol–water partition coefficient (Wildman–Crippen LogP) is 4.79. The molecule has 0 fully saturated rings. The Hall–Kier alpha value is -2.94. The molecule has 0 saturated heterocycles. The van der Waals surface area contributed by atoms with Gasteiger partial charge in [0.25, 0.3) is 0 Å². The molecular formula is C20H23NO2. The van der Waals surface area contributed by atoms with Gasteiger partial charge in [0.15, 0.2) is 0 Å². The number of pyridine rings is 1. The summed E-state index contributed by atoms with van der Waals surface area (Å²) in [6, 6.07) is 15.8. The van der Waals surface area contributed by atoms with Gasteiger partial charge in [0.1, 0.15) is 0 Å². The van der Waals surface area contributed by atoms with Crippen LogP contribution in [-0.4, -0.2) is 17.6 Å². The number of rotatable bonds is 4. The maximum atomic E-state index is 10.1. The first-order chi connectivity index (χ1) is 11.2. The van der Waals surface area contributed by atoms with E-state index in [0.29, 0.717) is 6.61 Å². The molecule has 120 valence electrons. The highest BCUT2D eigenvalue weighted by Crippen LogP contribution is 1.97. The van der Waals surface area contributed by atoms with E-state index in [4.69, 9.17) is 0 Å². The number of nitrogens with zero attached hydrogens (tertiary/aromatic N) is 1. The molecule has 1 aromatic heterocycles. The average Bonchev–Trinajstić information content (AvgIpc) is 2.64. The summed E-state index contributed by atoms with van der Waals surface area (Å²) in [7, 11) is 0. The van der Waals surface area contributed by atoms with Crippen LogP contribution in [0.5, 0.6) is 0 Å². The lowest BCUT2D eigenvalue weighted by atomic mass is 10.2. The smallest absolute Gasteiger partial charge is 0.330 e. The minimum Gasteiger partial charge on any atom is -0.463 e. The molecule has 23 heavy (non-hydrogen) atoms. The molecule has 2 aromatic rings. The maximum absolute atomic E-state index is 10.1. The zero-order valence-electron chi connectivity index (χ0n) is 13.5.